The van der Waals surface area contributed by atoms with Crippen molar-refractivity contribution in [1.82, 2.24) is 19.5 Å². The summed E-state index contributed by atoms with van der Waals surface area (Å²) >= 11 is 3.15. The van der Waals surface area contributed by atoms with E-state index in [4.69, 9.17) is 15.4 Å². The van der Waals surface area contributed by atoms with E-state index >= 15 is 0 Å². The Balaban J connectivity index is 0.00000300. The van der Waals surface area contributed by atoms with E-state index in [1.807, 2.05) is 0 Å². The summed E-state index contributed by atoms with van der Waals surface area (Å²) in [5.74, 6) is 0.0572. The van der Waals surface area contributed by atoms with E-state index in [-0.39, 0.29) is 51.3 Å². The first-order valence-corrected chi connectivity index (χ1v) is 11.1. The Labute approximate surface area is 192 Å². The minimum absolute atomic E-state index is 0. The zero-order valence-corrected chi connectivity index (χ0v) is 19.8. The number of hydrogen-bond donors (Lipinski definition) is 5. The van der Waals surface area contributed by atoms with E-state index in [1.54, 1.807) is 0 Å². The molecule has 1 aliphatic heterocycles. The molecule has 0 spiro atoms. The van der Waals surface area contributed by atoms with Crippen LogP contribution in [0.4, 0.5) is 5.82 Å². The molecular formula is C10H13BrN5NaO10P2. The Kier molecular flexibility index (Phi) is 8.02. The molecule has 15 nitrogen and oxygen atoms in total. The fourth-order valence-corrected chi connectivity index (χ4v) is 4.64. The van der Waals surface area contributed by atoms with Crippen LogP contribution in [0, 0.1) is 0 Å². The third kappa shape index (κ3) is 5.61. The van der Waals surface area contributed by atoms with Gasteiger partial charge >= 0.3 is 37.4 Å². The molecule has 3 heterocycles. The number of aromatic nitrogens is 4. The largest absolute Gasteiger partial charge is 1.00 e. The van der Waals surface area contributed by atoms with Gasteiger partial charge in [0.15, 0.2) is 27.9 Å². The summed E-state index contributed by atoms with van der Waals surface area (Å²) in [4.78, 5) is 40.1. The normalized spacial score (nSPS) is 28.6. The summed E-state index contributed by atoms with van der Waals surface area (Å²) in [7, 11) is -10.8. The van der Waals surface area contributed by atoms with Gasteiger partial charge in [0.05, 0.1) is 6.61 Å². The SMILES string of the molecule is Nc1ncnc2c1nc(Br)n2[C@H]1O[C@@H](COP(=O)(O)OP(=O)([O-])O)[C@H](O)[C@@H]1O.[Na+]. The first-order chi connectivity index (χ1) is 12.9. The van der Waals surface area contributed by atoms with Gasteiger partial charge in [-0.25, -0.2) is 23.8 Å². The fourth-order valence-electron chi connectivity index (χ4n) is 2.53. The van der Waals surface area contributed by atoms with Gasteiger partial charge in [-0.15, -0.1) is 0 Å². The quantitative estimate of drug-likeness (QED) is 0.135. The number of aliphatic hydroxyl groups is 2. The maximum Gasteiger partial charge on any atom is 1.00 e. The van der Waals surface area contributed by atoms with Crippen molar-refractivity contribution in [1.29, 1.82) is 0 Å². The Hall–Kier alpha value is -0.0300. The minimum atomic E-state index is -5.55. The number of nitrogens with two attached hydrogens (primary N) is 1. The zero-order valence-electron chi connectivity index (χ0n) is 14.5. The molecule has 1 aliphatic rings. The summed E-state index contributed by atoms with van der Waals surface area (Å²) in [5.41, 5.74) is 6.07. The van der Waals surface area contributed by atoms with Crippen molar-refractivity contribution in [2.75, 3.05) is 12.3 Å². The molecule has 0 radical (unpaired) electrons. The molecule has 0 saturated carbocycles. The van der Waals surface area contributed by atoms with Gasteiger partial charge in [-0.05, 0) is 15.9 Å². The molecule has 0 aromatic carbocycles. The van der Waals surface area contributed by atoms with Crippen LogP contribution in [0.1, 0.15) is 6.23 Å². The van der Waals surface area contributed by atoms with E-state index in [2.05, 4.69) is 39.7 Å². The minimum Gasteiger partial charge on any atom is -0.756 e. The molecule has 0 bridgehead atoms. The van der Waals surface area contributed by atoms with Crippen LogP contribution < -0.4 is 40.2 Å². The molecule has 2 aromatic heterocycles. The Morgan fingerprint density at radius 2 is 1.97 bits per heavy atom. The van der Waals surface area contributed by atoms with Crippen molar-refractivity contribution in [2.24, 2.45) is 0 Å². The topological polar surface area (TPSA) is 235 Å². The summed E-state index contributed by atoms with van der Waals surface area (Å²) in [5, 5.41) is 20.4. The molecule has 156 valence electrons. The average molecular weight is 528 g/mol. The van der Waals surface area contributed by atoms with Gasteiger partial charge in [0, 0.05) is 0 Å². The van der Waals surface area contributed by atoms with Crippen LogP contribution in [-0.2, 0) is 22.7 Å². The standard InChI is InChI=1S/C10H14BrN5O10P2.Na/c11-10-15-4-7(12)13-2-14-8(4)16(10)9-6(18)5(17)3(25-9)1-24-28(22,23)26-27(19,20)21;/h2-3,5-6,9,17-18H,1H2,(H,22,23)(H2,12,13,14)(H2,19,20,21);/q;+1/p-1/t3-,5-,6-,9-;/m0./s1. The van der Waals surface area contributed by atoms with Gasteiger partial charge in [0.25, 0.3) is 7.82 Å². The molecule has 1 fully saturated rings. The molecule has 0 aliphatic carbocycles. The van der Waals surface area contributed by atoms with Crippen LogP contribution in [0.3, 0.4) is 0 Å². The van der Waals surface area contributed by atoms with Gasteiger partial charge < -0.3 is 35.4 Å². The molecule has 1 saturated heterocycles. The van der Waals surface area contributed by atoms with Crippen LogP contribution in [0.2, 0.25) is 0 Å². The Morgan fingerprint density at radius 1 is 1.31 bits per heavy atom. The molecule has 2 unspecified atom stereocenters. The number of aliphatic hydroxyl groups excluding tert-OH is 2. The zero-order chi connectivity index (χ0) is 20.9. The van der Waals surface area contributed by atoms with E-state index in [1.165, 1.54) is 4.57 Å². The third-order valence-electron chi connectivity index (χ3n) is 3.66. The predicted octanol–water partition coefficient (Wildman–Crippen LogP) is -4.61. The van der Waals surface area contributed by atoms with E-state index in [9.17, 15) is 29.1 Å². The number of ether oxygens (including phenoxy) is 1. The van der Waals surface area contributed by atoms with E-state index in [0.717, 1.165) is 6.33 Å². The van der Waals surface area contributed by atoms with Crippen molar-refractivity contribution in [3.05, 3.63) is 11.1 Å². The van der Waals surface area contributed by atoms with Gasteiger partial charge in [-0.2, -0.15) is 0 Å². The van der Waals surface area contributed by atoms with Gasteiger partial charge in [-0.3, -0.25) is 13.7 Å². The molecule has 6 N–H and O–H groups in total. The van der Waals surface area contributed by atoms with Crippen molar-refractivity contribution < 1.29 is 77.2 Å². The maximum absolute atomic E-state index is 11.5. The number of nitrogens with zero attached hydrogens (tertiary/aromatic N) is 4. The van der Waals surface area contributed by atoms with Crippen LogP contribution >= 0.6 is 31.6 Å². The van der Waals surface area contributed by atoms with Crippen molar-refractivity contribution >= 4 is 48.6 Å². The van der Waals surface area contributed by atoms with E-state index < -0.39 is 46.8 Å². The predicted molar refractivity (Wildman–Crippen MR) is 90.0 cm³/mol. The number of phosphoric ester groups is 1. The molecular weight excluding hydrogens is 515 g/mol. The van der Waals surface area contributed by atoms with Crippen LogP contribution in [-0.4, -0.2) is 64.4 Å². The van der Waals surface area contributed by atoms with Crippen molar-refractivity contribution in [2.45, 2.75) is 24.5 Å². The molecule has 3 rings (SSSR count). The van der Waals surface area contributed by atoms with Crippen LogP contribution in [0.15, 0.2) is 11.1 Å². The maximum atomic E-state index is 11.5. The van der Waals surface area contributed by atoms with Crippen LogP contribution in [0.25, 0.3) is 11.2 Å². The van der Waals surface area contributed by atoms with Crippen molar-refractivity contribution in [3.63, 3.8) is 0 Å². The second-order valence-electron chi connectivity index (χ2n) is 5.54. The third-order valence-corrected chi connectivity index (χ3v) is 6.35. The second-order valence-corrected chi connectivity index (χ2v) is 9.04. The molecule has 0 amide bonds. The molecule has 2 aromatic rings. The number of halogens is 1. The number of imidazole rings is 1. The van der Waals surface area contributed by atoms with Gasteiger partial charge in [-0.1, -0.05) is 0 Å². The Bertz CT molecular complexity index is 989. The second kappa shape index (κ2) is 9.22. The fraction of sp³-hybridized carbons (Fsp3) is 0.500. The monoisotopic (exact) mass is 527 g/mol. The van der Waals surface area contributed by atoms with Crippen LogP contribution in [0.5, 0.6) is 0 Å². The smallest absolute Gasteiger partial charge is 0.756 e. The summed E-state index contributed by atoms with van der Waals surface area (Å²) in [6.45, 7) is -0.857. The molecule has 19 heteroatoms. The number of rotatable bonds is 6. The first-order valence-electron chi connectivity index (χ1n) is 7.27. The van der Waals surface area contributed by atoms with Crippen molar-refractivity contribution in [3.8, 4) is 0 Å². The number of anilines is 1. The van der Waals surface area contributed by atoms with E-state index in [0.29, 0.717) is 0 Å². The summed E-state index contributed by atoms with van der Waals surface area (Å²) < 4.78 is 36.8. The Morgan fingerprint density at radius 3 is 2.59 bits per heavy atom. The molecule has 29 heavy (non-hydrogen) atoms. The number of hydrogen-bond acceptors (Lipinski definition) is 12. The first kappa shape index (κ1) is 25.2. The molecule has 6 atom stereocenters. The van der Waals surface area contributed by atoms with Gasteiger partial charge in [0.2, 0.25) is 0 Å². The number of nitrogen functional groups attached to an aromatic ring is 1. The summed E-state index contributed by atoms with van der Waals surface area (Å²) in [6, 6.07) is 0. The summed E-state index contributed by atoms with van der Waals surface area (Å²) in [6.07, 6.45) is -4.66. The number of phosphoric acid groups is 2. The number of fused-ring (bicyclic) bond motifs is 1. The average Bonchev–Trinajstić information content (AvgIpc) is 3.02. The van der Waals surface area contributed by atoms with Gasteiger partial charge in [0.1, 0.15) is 24.6 Å².